The Balaban J connectivity index is 1.82. The summed E-state index contributed by atoms with van der Waals surface area (Å²) in [4.78, 5) is 4.35. The Bertz CT molecular complexity index is 680. The van der Waals surface area contributed by atoms with Gasteiger partial charge in [0.05, 0.1) is 30.1 Å². The number of fused-ring (bicyclic) bond motifs is 1. The van der Waals surface area contributed by atoms with E-state index >= 15 is 0 Å². The molecule has 2 heterocycles. The van der Waals surface area contributed by atoms with Crippen LogP contribution in [0.4, 0.5) is 5.69 Å². The molecule has 0 saturated carbocycles. The molecule has 0 atom stereocenters. The first-order chi connectivity index (χ1) is 8.72. The van der Waals surface area contributed by atoms with E-state index in [1.807, 2.05) is 48.5 Å². The minimum Gasteiger partial charge on any atom is -0.399 e. The maximum absolute atomic E-state index is 5.74. The Labute approximate surface area is 105 Å². The van der Waals surface area contributed by atoms with Crippen molar-refractivity contribution in [2.24, 2.45) is 0 Å². The summed E-state index contributed by atoms with van der Waals surface area (Å²) < 4.78 is 4.06. The third kappa shape index (κ3) is 1.95. The molecule has 0 spiro atoms. The van der Waals surface area contributed by atoms with Crippen molar-refractivity contribution in [1.82, 2.24) is 19.3 Å². The van der Waals surface area contributed by atoms with Crippen LogP contribution in [0.1, 0.15) is 5.56 Å². The Morgan fingerprint density at radius 1 is 1.28 bits per heavy atom. The fraction of sp³-hybridized carbons (Fsp3) is 0.231. The Morgan fingerprint density at radius 2 is 2.17 bits per heavy atom. The van der Waals surface area contributed by atoms with Crippen LogP contribution in [0.2, 0.25) is 0 Å². The molecule has 0 aliphatic carbocycles. The van der Waals surface area contributed by atoms with Gasteiger partial charge in [0.2, 0.25) is 0 Å². The number of aryl methyl sites for hydroxylation is 3. The third-order valence-corrected chi connectivity index (χ3v) is 2.98. The first-order valence-corrected chi connectivity index (χ1v) is 5.92. The summed E-state index contributed by atoms with van der Waals surface area (Å²) in [5, 5.41) is 4.27. The van der Waals surface area contributed by atoms with Crippen molar-refractivity contribution in [3.05, 3.63) is 42.5 Å². The number of hydrogen-bond acceptors (Lipinski definition) is 3. The van der Waals surface area contributed by atoms with Crippen molar-refractivity contribution in [3.63, 3.8) is 0 Å². The van der Waals surface area contributed by atoms with Crippen LogP contribution in [-0.2, 0) is 13.1 Å². The van der Waals surface area contributed by atoms with Crippen molar-refractivity contribution in [2.75, 3.05) is 5.73 Å². The molecule has 2 N–H and O–H groups in total. The van der Waals surface area contributed by atoms with E-state index < -0.39 is 0 Å². The molecule has 1 aromatic carbocycles. The van der Waals surface area contributed by atoms with Gasteiger partial charge >= 0.3 is 0 Å². The topological polar surface area (TPSA) is 61.7 Å². The van der Waals surface area contributed by atoms with Crippen LogP contribution < -0.4 is 5.73 Å². The standard InChI is InChI=1S/C13H15N5/c1-10-7-16-18(8-10)5-4-17-9-15-12-6-11(14)2-3-13(12)17/h2-3,6-9H,4-5,14H2,1H3. The molecular weight excluding hydrogens is 226 g/mol. The van der Waals surface area contributed by atoms with Crippen LogP contribution in [0.5, 0.6) is 0 Å². The summed E-state index contributed by atoms with van der Waals surface area (Å²) in [5.41, 5.74) is 9.70. The summed E-state index contributed by atoms with van der Waals surface area (Å²) in [6.45, 7) is 3.73. The number of aromatic nitrogens is 4. The summed E-state index contributed by atoms with van der Waals surface area (Å²) >= 11 is 0. The van der Waals surface area contributed by atoms with Gasteiger partial charge in [-0.15, -0.1) is 0 Å². The molecule has 5 heteroatoms. The normalized spacial score (nSPS) is 11.2. The lowest BCUT2D eigenvalue weighted by Gasteiger charge is -2.04. The molecule has 0 aliphatic rings. The highest BCUT2D eigenvalue weighted by molar-refractivity contribution is 5.78. The number of nitrogens with zero attached hydrogens (tertiary/aromatic N) is 4. The third-order valence-electron chi connectivity index (χ3n) is 2.98. The molecule has 0 fully saturated rings. The molecule has 0 aliphatic heterocycles. The molecule has 0 unspecified atom stereocenters. The summed E-state index contributed by atoms with van der Waals surface area (Å²) in [6.07, 6.45) is 5.75. The number of nitrogens with two attached hydrogens (primary N) is 1. The highest BCUT2D eigenvalue weighted by Gasteiger charge is 2.03. The van der Waals surface area contributed by atoms with Crippen LogP contribution in [-0.4, -0.2) is 19.3 Å². The fourth-order valence-electron chi connectivity index (χ4n) is 2.06. The van der Waals surface area contributed by atoms with Gasteiger partial charge in [-0.05, 0) is 30.7 Å². The van der Waals surface area contributed by atoms with Crippen LogP contribution in [0, 0.1) is 6.92 Å². The molecule has 0 saturated heterocycles. The van der Waals surface area contributed by atoms with Gasteiger partial charge in [-0.25, -0.2) is 4.98 Å². The Kier molecular flexibility index (Phi) is 2.51. The van der Waals surface area contributed by atoms with Crippen LogP contribution >= 0.6 is 0 Å². The van der Waals surface area contributed by atoms with Crippen molar-refractivity contribution >= 4 is 16.7 Å². The number of imidazole rings is 1. The first-order valence-electron chi connectivity index (χ1n) is 5.92. The van der Waals surface area contributed by atoms with Crippen molar-refractivity contribution < 1.29 is 0 Å². The van der Waals surface area contributed by atoms with Gasteiger partial charge in [0.1, 0.15) is 0 Å². The Hall–Kier alpha value is -2.30. The second-order valence-electron chi connectivity index (χ2n) is 4.47. The number of benzene rings is 1. The van der Waals surface area contributed by atoms with Crippen molar-refractivity contribution in [2.45, 2.75) is 20.0 Å². The number of rotatable bonds is 3. The highest BCUT2D eigenvalue weighted by atomic mass is 15.3. The molecule has 0 amide bonds. The van der Waals surface area contributed by atoms with Crippen LogP contribution in [0.3, 0.4) is 0 Å². The zero-order valence-corrected chi connectivity index (χ0v) is 10.2. The van der Waals surface area contributed by atoms with E-state index in [9.17, 15) is 0 Å². The van der Waals surface area contributed by atoms with Gasteiger partial charge in [-0.2, -0.15) is 5.10 Å². The second-order valence-corrected chi connectivity index (χ2v) is 4.47. The van der Waals surface area contributed by atoms with Crippen LogP contribution in [0.25, 0.3) is 11.0 Å². The molecule has 18 heavy (non-hydrogen) atoms. The van der Waals surface area contributed by atoms with E-state index in [1.165, 1.54) is 5.56 Å². The van der Waals surface area contributed by atoms with Gasteiger partial charge in [0, 0.05) is 18.4 Å². The van der Waals surface area contributed by atoms with Crippen molar-refractivity contribution in [3.8, 4) is 0 Å². The summed E-state index contributed by atoms with van der Waals surface area (Å²) in [5.74, 6) is 0. The lowest BCUT2D eigenvalue weighted by atomic mass is 10.3. The lowest BCUT2D eigenvalue weighted by molar-refractivity contribution is 0.540. The zero-order chi connectivity index (χ0) is 12.5. The van der Waals surface area contributed by atoms with Crippen LogP contribution in [0.15, 0.2) is 36.9 Å². The van der Waals surface area contributed by atoms with Gasteiger partial charge < -0.3 is 10.3 Å². The predicted octanol–water partition coefficient (Wildman–Crippen LogP) is 1.82. The molecular formula is C13H15N5. The van der Waals surface area contributed by atoms with E-state index in [0.717, 1.165) is 29.8 Å². The maximum Gasteiger partial charge on any atom is 0.0958 e. The molecule has 2 aromatic heterocycles. The zero-order valence-electron chi connectivity index (χ0n) is 10.2. The monoisotopic (exact) mass is 241 g/mol. The van der Waals surface area contributed by atoms with E-state index in [4.69, 9.17) is 5.73 Å². The predicted molar refractivity (Wildman–Crippen MR) is 71.1 cm³/mol. The van der Waals surface area contributed by atoms with Crippen molar-refractivity contribution in [1.29, 1.82) is 0 Å². The first kappa shape index (κ1) is 10.8. The highest BCUT2D eigenvalue weighted by Crippen LogP contribution is 2.16. The Morgan fingerprint density at radius 3 is 2.94 bits per heavy atom. The van der Waals surface area contributed by atoms with E-state index in [-0.39, 0.29) is 0 Å². The van der Waals surface area contributed by atoms with Gasteiger partial charge in [0.25, 0.3) is 0 Å². The summed E-state index contributed by atoms with van der Waals surface area (Å²) in [7, 11) is 0. The fourth-order valence-corrected chi connectivity index (χ4v) is 2.06. The minimum atomic E-state index is 0.746. The summed E-state index contributed by atoms with van der Waals surface area (Å²) in [6, 6.07) is 5.80. The smallest absolute Gasteiger partial charge is 0.0958 e. The van der Waals surface area contributed by atoms with Gasteiger partial charge in [0.15, 0.2) is 0 Å². The van der Waals surface area contributed by atoms with Gasteiger partial charge in [-0.3, -0.25) is 4.68 Å². The maximum atomic E-state index is 5.74. The average Bonchev–Trinajstić information content (AvgIpc) is 2.92. The molecule has 5 nitrogen and oxygen atoms in total. The average molecular weight is 241 g/mol. The molecule has 3 aromatic rings. The number of anilines is 1. The molecule has 0 radical (unpaired) electrons. The largest absolute Gasteiger partial charge is 0.399 e. The van der Waals surface area contributed by atoms with Gasteiger partial charge in [-0.1, -0.05) is 0 Å². The SMILES string of the molecule is Cc1cnn(CCn2cnc3cc(N)ccc32)c1. The number of nitrogen functional groups attached to an aromatic ring is 1. The molecule has 0 bridgehead atoms. The second kappa shape index (κ2) is 4.18. The lowest BCUT2D eigenvalue weighted by Crippen LogP contribution is -2.06. The number of hydrogen-bond donors (Lipinski definition) is 1. The van der Waals surface area contributed by atoms with E-state index in [1.54, 1.807) is 0 Å². The van der Waals surface area contributed by atoms with E-state index in [2.05, 4.69) is 14.6 Å². The molecule has 3 rings (SSSR count). The molecule has 92 valence electrons. The minimum absolute atomic E-state index is 0.746. The van der Waals surface area contributed by atoms with E-state index in [0.29, 0.717) is 0 Å². The quantitative estimate of drug-likeness (QED) is 0.711.